The second-order valence-electron chi connectivity index (χ2n) is 3.74. The van der Waals surface area contributed by atoms with Crippen molar-refractivity contribution in [2.24, 2.45) is 0 Å². The summed E-state index contributed by atoms with van der Waals surface area (Å²) in [4.78, 5) is 15.7. The molecule has 0 aliphatic rings. The SMILES string of the molecule is COc1ccc(Cl)cc1Cn1cnc(Cl)c(Cl)c1=O. The van der Waals surface area contributed by atoms with Crippen LogP contribution >= 0.6 is 34.8 Å². The van der Waals surface area contributed by atoms with Gasteiger partial charge in [0.05, 0.1) is 20.0 Å². The first kappa shape index (κ1) is 14.2. The van der Waals surface area contributed by atoms with Crippen LogP contribution in [0.3, 0.4) is 0 Å². The van der Waals surface area contributed by atoms with Gasteiger partial charge in [0.1, 0.15) is 10.8 Å². The number of methoxy groups -OCH3 is 1. The van der Waals surface area contributed by atoms with Gasteiger partial charge in [-0.2, -0.15) is 0 Å². The first-order valence-corrected chi connectivity index (χ1v) is 6.39. The number of benzene rings is 1. The summed E-state index contributed by atoms with van der Waals surface area (Å²) in [5, 5.41) is 0.433. The quantitative estimate of drug-likeness (QED) is 0.816. The average Bonchev–Trinajstić information content (AvgIpc) is 2.40. The van der Waals surface area contributed by atoms with Crippen LogP contribution in [0, 0.1) is 0 Å². The molecule has 1 heterocycles. The maximum Gasteiger partial charge on any atom is 0.273 e. The molecule has 0 unspecified atom stereocenters. The van der Waals surface area contributed by atoms with E-state index < -0.39 is 5.56 Å². The molecule has 2 aromatic rings. The molecule has 0 spiro atoms. The van der Waals surface area contributed by atoms with Crippen LogP contribution in [0.25, 0.3) is 0 Å². The van der Waals surface area contributed by atoms with Crippen molar-refractivity contribution in [2.75, 3.05) is 7.11 Å². The van der Waals surface area contributed by atoms with E-state index in [2.05, 4.69) is 4.98 Å². The van der Waals surface area contributed by atoms with Crippen LogP contribution < -0.4 is 10.3 Å². The number of ether oxygens (including phenoxy) is 1. The molecule has 2 rings (SSSR count). The minimum atomic E-state index is -0.413. The Labute approximate surface area is 124 Å². The fourth-order valence-corrected chi connectivity index (χ4v) is 2.09. The fourth-order valence-electron chi connectivity index (χ4n) is 1.61. The van der Waals surface area contributed by atoms with Crippen molar-refractivity contribution in [2.45, 2.75) is 6.54 Å². The van der Waals surface area contributed by atoms with E-state index in [9.17, 15) is 4.79 Å². The largest absolute Gasteiger partial charge is 0.496 e. The van der Waals surface area contributed by atoms with Gasteiger partial charge in [0.2, 0.25) is 0 Å². The summed E-state index contributed by atoms with van der Waals surface area (Å²) in [5.74, 6) is 0.627. The predicted octanol–water partition coefficient (Wildman–Crippen LogP) is 3.26. The Morgan fingerprint density at radius 2 is 2.05 bits per heavy atom. The lowest BCUT2D eigenvalue weighted by atomic mass is 10.2. The molecule has 4 nitrogen and oxygen atoms in total. The number of rotatable bonds is 3. The van der Waals surface area contributed by atoms with Gasteiger partial charge in [0, 0.05) is 10.6 Å². The zero-order chi connectivity index (χ0) is 14.0. The summed E-state index contributed by atoms with van der Waals surface area (Å²) in [7, 11) is 1.54. The molecule has 0 radical (unpaired) electrons. The van der Waals surface area contributed by atoms with E-state index in [4.69, 9.17) is 39.5 Å². The Hall–Kier alpha value is -1.23. The molecule has 0 aliphatic carbocycles. The highest BCUT2D eigenvalue weighted by molar-refractivity contribution is 6.40. The van der Waals surface area contributed by atoms with Crippen LogP contribution in [0.15, 0.2) is 29.3 Å². The third kappa shape index (κ3) is 3.03. The van der Waals surface area contributed by atoms with Crippen molar-refractivity contribution in [3.8, 4) is 5.75 Å². The molecular formula is C12H9Cl3N2O2. The summed E-state index contributed by atoms with van der Waals surface area (Å²) in [6.07, 6.45) is 1.33. The topological polar surface area (TPSA) is 44.1 Å². The molecule has 0 amide bonds. The van der Waals surface area contributed by atoms with Gasteiger partial charge in [-0.3, -0.25) is 9.36 Å². The van der Waals surface area contributed by atoms with E-state index in [-0.39, 0.29) is 16.7 Å². The molecule has 0 atom stereocenters. The highest BCUT2D eigenvalue weighted by Gasteiger charge is 2.10. The molecule has 0 saturated carbocycles. The van der Waals surface area contributed by atoms with Crippen LogP contribution in [-0.2, 0) is 6.54 Å². The number of aromatic nitrogens is 2. The third-order valence-electron chi connectivity index (χ3n) is 2.52. The van der Waals surface area contributed by atoms with Gasteiger partial charge in [0.25, 0.3) is 5.56 Å². The Morgan fingerprint density at radius 3 is 2.74 bits per heavy atom. The predicted molar refractivity (Wildman–Crippen MR) is 75.6 cm³/mol. The maximum absolute atomic E-state index is 11.9. The molecule has 19 heavy (non-hydrogen) atoms. The van der Waals surface area contributed by atoms with Crippen molar-refractivity contribution >= 4 is 34.8 Å². The summed E-state index contributed by atoms with van der Waals surface area (Å²) >= 11 is 17.4. The normalized spacial score (nSPS) is 10.5. The van der Waals surface area contributed by atoms with E-state index in [0.29, 0.717) is 10.8 Å². The lowest BCUT2D eigenvalue weighted by Crippen LogP contribution is -2.21. The van der Waals surface area contributed by atoms with Crippen molar-refractivity contribution in [3.05, 3.63) is 55.6 Å². The lowest BCUT2D eigenvalue weighted by Gasteiger charge is -2.11. The average molecular weight is 320 g/mol. The van der Waals surface area contributed by atoms with Gasteiger partial charge in [-0.05, 0) is 18.2 Å². The molecular weight excluding hydrogens is 311 g/mol. The molecule has 0 aliphatic heterocycles. The van der Waals surface area contributed by atoms with Crippen LogP contribution in [0.4, 0.5) is 0 Å². The van der Waals surface area contributed by atoms with Gasteiger partial charge in [0.15, 0.2) is 5.15 Å². The van der Waals surface area contributed by atoms with E-state index >= 15 is 0 Å². The second-order valence-corrected chi connectivity index (χ2v) is 4.91. The van der Waals surface area contributed by atoms with Crippen LogP contribution in [0.2, 0.25) is 15.2 Å². The van der Waals surface area contributed by atoms with Gasteiger partial charge in [-0.1, -0.05) is 34.8 Å². The van der Waals surface area contributed by atoms with Gasteiger partial charge < -0.3 is 4.74 Å². The van der Waals surface area contributed by atoms with Crippen molar-refractivity contribution in [1.29, 1.82) is 0 Å². The molecule has 1 aromatic carbocycles. The Morgan fingerprint density at radius 1 is 1.32 bits per heavy atom. The molecule has 0 N–H and O–H groups in total. The van der Waals surface area contributed by atoms with E-state index in [1.165, 1.54) is 10.9 Å². The molecule has 100 valence electrons. The number of nitrogens with zero attached hydrogens (tertiary/aromatic N) is 2. The standard InChI is InChI=1S/C12H9Cl3N2O2/c1-19-9-3-2-8(13)4-7(9)5-17-6-16-11(15)10(14)12(17)18/h2-4,6H,5H2,1H3. The van der Waals surface area contributed by atoms with Crippen LogP contribution in [-0.4, -0.2) is 16.7 Å². The zero-order valence-electron chi connectivity index (χ0n) is 9.86. The summed E-state index contributed by atoms with van der Waals surface area (Å²) in [6.45, 7) is 0.243. The summed E-state index contributed by atoms with van der Waals surface area (Å²) in [6, 6.07) is 5.16. The second kappa shape index (κ2) is 5.82. The smallest absolute Gasteiger partial charge is 0.273 e. The zero-order valence-corrected chi connectivity index (χ0v) is 12.1. The van der Waals surface area contributed by atoms with Gasteiger partial charge in [-0.25, -0.2) is 4.98 Å². The number of halogens is 3. The minimum absolute atomic E-state index is 0.0130. The summed E-state index contributed by atoms with van der Waals surface area (Å²) in [5.41, 5.74) is 0.334. The first-order chi connectivity index (χ1) is 9.02. The Bertz CT molecular complexity index is 671. The summed E-state index contributed by atoms with van der Waals surface area (Å²) < 4.78 is 6.55. The monoisotopic (exact) mass is 318 g/mol. The van der Waals surface area contributed by atoms with E-state index in [1.807, 2.05) is 0 Å². The highest BCUT2D eigenvalue weighted by Crippen LogP contribution is 2.23. The maximum atomic E-state index is 11.9. The minimum Gasteiger partial charge on any atom is -0.496 e. The fraction of sp³-hybridized carbons (Fsp3) is 0.167. The Kier molecular flexibility index (Phi) is 4.34. The van der Waals surface area contributed by atoms with Crippen molar-refractivity contribution in [3.63, 3.8) is 0 Å². The number of hydrogen-bond donors (Lipinski definition) is 0. The molecule has 7 heteroatoms. The molecule has 1 aromatic heterocycles. The third-order valence-corrected chi connectivity index (χ3v) is 3.48. The Balaban J connectivity index is 2.44. The van der Waals surface area contributed by atoms with Crippen molar-refractivity contribution in [1.82, 2.24) is 9.55 Å². The van der Waals surface area contributed by atoms with Gasteiger partial charge in [-0.15, -0.1) is 0 Å². The van der Waals surface area contributed by atoms with Crippen molar-refractivity contribution < 1.29 is 4.74 Å². The molecule has 0 saturated heterocycles. The van der Waals surface area contributed by atoms with E-state index in [1.54, 1.807) is 25.3 Å². The van der Waals surface area contributed by atoms with Gasteiger partial charge >= 0.3 is 0 Å². The van der Waals surface area contributed by atoms with E-state index in [0.717, 1.165) is 5.56 Å². The van der Waals surface area contributed by atoms with Crippen LogP contribution in [0.5, 0.6) is 5.75 Å². The first-order valence-electron chi connectivity index (χ1n) is 5.25. The molecule has 0 bridgehead atoms. The number of hydrogen-bond acceptors (Lipinski definition) is 3. The highest BCUT2D eigenvalue weighted by atomic mass is 35.5. The molecule has 0 fully saturated rings. The van der Waals surface area contributed by atoms with Crippen LogP contribution in [0.1, 0.15) is 5.56 Å². The lowest BCUT2D eigenvalue weighted by molar-refractivity contribution is 0.408.